The molecule has 0 saturated heterocycles. The van der Waals surface area contributed by atoms with E-state index < -0.39 is 0 Å². The Morgan fingerprint density at radius 1 is 1.52 bits per heavy atom. The Morgan fingerprint density at radius 2 is 2.32 bits per heavy atom. The summed E-state index contributed by atoms with van der Waals surface area (Å²) in [7, 11) is 1.64. The Kier molecular flexibility index (Phi) is 4.79. The summed E-state index contributed by atoms with van der Waals surface area (Å²) in [5.74, 6) is 1.13. The van der Waals surface area contributed by atoms with E-state index in [1.807, 2.05) is 19.2 Å². The second-order valence-corrected chi connectivity index (χ2v) is 6.52. The molecule has 3 aromatic heterocycles. The molecule has 0 radical (unpaired) electrons. The van der Waals surface area contributed by atoms with Gasteiger partial charge in [0.1, 0.15) is 22.7 Å². The van der Waals surface area contributed by atoms with Gasteiger partial charge in [-0.1, -0.05) is 0 Å². The van der Waals surface area contributed by atoms with Crippen LogP contribution in [0.3, 0.4) is 0 Å². The van der Waals surface area contributed by atoms with Crippen LogP contribution in [-0.4, -0.2) is 42.7 Å². The molecule has 132 valence electrons. The van der Waals surface area contributed by atoms with Crippen molar-refractivity contribution in [2.24, 2.45) is 0 Å². The van der Waals surface area contributed by atoms with Gasteiger partial charge in [0, 0.05) is 13.6 Å². The molecule has 0 spiro atoms. The van der Waals surface area contributed by atoms with Crippen molar-refractivity contribution < 1.29 is 4.79 Å². The van der Waals surface area contributed by atoms with Crippen molar-refractivity contribution in [3.8, 4) is 0 Å². The molecule has 3 aromatic rings. The van der Waals surface area contributed by atoms with E-state index in [1.54, 1.807) is 17.8 Å². The maximum atomic E-state index is 12.4. The number of nitrogens with one attached hydrogen (secondary N) is 2. The van der Waals surface area contributed by atoms with E-state index in [9.17, 15) is 9.59 Å². The predicted octanol–water partition coefficient (Wildman–Crippen LogP) is 1.50. The van der Waals surface area contributed by atoms with Crippen LogP contribution < -0.4 is 10.9 Å². The van der Waals surface area contributed by atoms with Crippen molar-refractivity contribution in [2.45, 2.75) is 33.0 Å². The van der Waals surface area contributed by atoms with E-state index in [0.717, 1.165) is 0 Å². The van der Waals surface area contributed by atoms with Crippen LogP contribution in [-0.2, 0) is 13.1 Å². The molecule has 0 unspecified atom stereocenters. The first kappa shape index (κ1) is 17.1. The van der Waals surface area contributed by atoms with Crippen molar-refractivity contribution in [2.75, 3.05) is 7.05 Å². The third kappa shape index (κ3) is 3.53. The van der Waals surface area contributed by atoms with Crippen LogP contribution >= 0.6 is 11.3 Å². The van der Waals surface area contributed by atoms with Crippen LogP contribution in [0.25, 0.3) is 10.2 Å². The number of nitrogens with zero attached hydrogens (tertiary/aromatic N) is 5. The summed E-state index contributed by atoms with van der Waals surface area (Å²) in [4.78, 5) is 37.1. The van der Waals surface area contributed by atoms with Gasteiger partial charge in [-0.15, -0.1) is 11.3 Å². The average Bonchev–Trinajstić information content (AvgIpc) is 3.23. The normalized spacial score (nSPS) is 12.3. The van der Waals surface area contributed by atoms with Crippen molar-refractivity contribution in [3.63, 3.8) is 0 Å². The van der Waals surface area contributed by atoms with Crippen LogP contribution in [0.2, 0.25) is 0 Å². The summed E-state index contributed by atoms with van der Waals surface area (Å²) in [6, 6.07) is 1.22. The third-order valence-electron chi connectivity index (χ3n) is 3.77. The first-order chi connectivity index (χ1) is 12.0. The van der Waals surface area contributed by atoms with Gasteiger partial charge >= 0.3 is 6.03 Å². The summed E-state index contributed by atoms with van der Waals surface area (Å²) in [5.41, 5.74) is 0.454. The van der Waals surface area contributed by atoms with Gasteiger partial charge < -0.3 is 15.2 Å². The molecule has 0 aromatic carbocycles. The molecular formula is C15H19N7O2S. The van der Waals surface area contributed by atoms with Crippen LogP contribution in [0.1, 0.15) is 31.5 Å². The fourth-order valence-electron chi connectivity index (χ4n) is 2.51. The molecule has 0 bridgehead atoms. The monoisotopic (exact) mass is 361 g/mol. The highest BCUT2D eigenvalue weighted by atomic mass is 32.1. The molecule has 3 rings (SSSR count). The minimum atomic E-state index is -0.288. The second kappa shape index (κ2) is 7.01. The summed E-state index contributed by atoms with van der Waals surface area (Å²) in [5, 5.41) is 8.79. The van der Waals surface area contributed by atoms with E-state index in [1.165, 1.54) is 22.6 Å². The Labute approximate surface area is 147 Å². The van der Waals surface area contributed by atoms with Crippen LogP contribution in [0.15, 0.2) is 22.6 Å². The number of hydrogen-bond acceptors (Lipinski definition) is 6. The molecule has 0 aliphatic heterocycles. The SMILES string of the molecule is CCn1ncnc1[C@H](C)NC(=O)N(C)Cc1nc2ccsc2c(=O)[nH]1. The smallest absolute Gasteiger partial charge is 0.318 e. The van der Waals surface area contributed by atoms with Crippen LogP contribution in [0, 0.1) is 0 Å². The molecule has 0 aliphatic rings. The minimum Gasteiger partial charge on any atom is -0.328 e. The highest BCUT2D eigenvalue weighted by Crippen LogP contribution is 2.14. The molecule has 3 heterocycles. The van der Waals surface area contributed by atoms with Gasteiger partial charge in [-0.25, -0.2) is 19.4 Å². The second-order valence-electron chi connectivity index (χ2n) is 5.61. The lowest BCUT2D eigenvalue weighted by Gasteiger charge is -2.20. The number of fused-ring (bicyclic) bond motifs is 1. The largest absolute Gasteiger partial charge is 0.328 e. The number of aromatic amines is 1. The summed E-state index contributed by atoms with van der Waals surface area (Å²) < 4.78 is 2.32. The Hall–Kier alpha value is -2.75. The van der Waals surface area contributed by atoms with Crippen molar-refractivity contribution in [1.82, 2.24) is 34.9 Å². The van der Waals surface area contributed by atoms with E-state index in [2.05, 4.69) is 25.4 Å². The first-order valence-corrected chi connectivity index (χ1v) is 8.73. The fourth-order valence-corrected chi connectivity index (χ4v) is 3.23. The molecule has 0 fully saturated rings. The highest BCUT2D eigenvalue weighted by molar-refractivity contribution is 7.17. The Bertz CT molecular complexity index is 945. The van der Waals surface area contributed by atoms with E-state index in [4.69, 9.17) is 0 Å². The molecule has 2 N–H and O–H groups in total. The summed E-state index contributed by atoms with van der Waals surface area (Å²) in [6.45, 7) is 4.68. The maximum Gasteiger partial charge on any atom is 0.318 e. The molecular weight excluding hydrogens is 342 g/mol. The number of urea groups is 1. The fraction of sp³-hybridized carbons (Fsp3) is 0.400. The van der Waals surface area contributed by atoms with Crippen molar-refractivity contribution in [3.05, 3.63) is 39.8 Å². The Morgan fingerprint density at radius 3 is 3.08 bits per heavy atom. The lowest BCUT2D eigenvalue weighted by atomic mass is 10.3. The van der Waals surface area contributed by atoms with E-state index >= 15 is 0 Å². The summed E-state index contributed by atoms with van der Waals surface area (Å²) >= 11 is 1.34. The first-order valence-electron chi connectivity index (χ1n) is 7.85. The van der Waals surface area contributed by atoms with Gasteiger partial charge in [-0.2, -0.15) is 5.10 Å². The van der Waals surface area contributed by atoms with Crippen molar-refractivity contribution in [1.29, 1.82) is 0 Å². The van der Waals surface area contributed by atoms with E-state index in [-0.39, 0.29) is 24.2 Å². The molecule has 0 saturated carbocycles. The van der Waals surface area contributed by atoms with Crippen LogP contribution in [0.5, 0.6) is 0 Å². The molecule has 0 aliphatic carbocycles. The number of aromatic nitrogens is 5. The summed E-state index contributed by atoms with van der Waals surface area (Å²) in [6.07, 6.45) is 1.47. The molecule has 2 amide bonds. The van der Waals surface area contributed by atoms with Crippen LogP contribution in [0.4, 0.5) is 4.79 Å². The van der Waals surface area contributed by atoms with Gasteiger partial charge in [0.2, 0.25) is 0 Å². The zero-order chi connectivity index (χ0) is 18.0. The van der Waals surface area contributed by atoms with Gasteiger partial charge in [-0.05, 0) is 25.3 Å². The number of amides is 2. The van der Waals surface area contributed by atoms with Gasteiger partial charge in [0.25, 0.3) is 5.56 Å². The zero-order valence-electron chi connectivity index (χ0n) is 14.2. The van der Waals surface area contributed by atoms with Gasteiger partial charge in [-0.3, -0.25) is 4.79 Å². The molecule has 9 nitrogen and oxygen atoms in total. The number of carbonyl (C=O) groups excluding carboxylic acids is 1. The molecule has 10 heteroatoms. The molecule has 25 heavy (non-hydrogen) atoms. The average molecular weight is 361 g/mol. The maximum absolute atomic E-state index is 12.4. The van der Waals surface area contributed by atoms with Crippen molar-refractivity contribution >= 4 is 27.6 Å². The number of carbonyl (C=O) groups is 1. The molecule has 1 atom stereocenters. The minimum absolute atomic E-state index is 0.187. The Balaban J connectivity index is 1.68. The number of rotatable bonds is 5. The quantitative estimate of drug-likeness (QED) is 0.716. The van der Waals surface area contributed by atoms with Gasteiger partial charge in [0.15, 0.2) is 0 Å². The topological polar surface area (TPSA) is 109 Å². The highest BCUT2D eigenvalue weighted by Gasteiger charge is 2.18. The lowest BCUT2D eigenvalue weighted by Crippen LogP contribution is -2.39. The zero-order valence-corrected chi connectivity index (χ0v) is 15.0. The standard InChI is InChI=1S/C15H19N7O2S/c1-4-22-13(16-8-17-22)9(2)18-15(24)21(3)7-11-19-10-5-6-25-12(10)14(23)20-11/h5-6,8-9H,4,7H2,1-3H3,(H,18,24)(H,19,20,23)/t9-/m0/s1. The number of aryl methyl sites for hydroxylation is 1. The van der Waals surface area contributed by atoms with E-state index in [0.29, 0.717) is 28.4 Å². The third-order valence-corrected chi connectivity index (χ3v) is 4.67. The number of thiophene rings is 1. The lowest BCUT2D eigenvalue weighted by molar-refractivity contribution is 0.201. The van der Waals surface area contributed by atoms with Gasteiger partial charge in [0.05, 0.1) is 18.1 Å². The number of hydrogen-bond donors (Lipinski definition) is 2. The predicted molar refractivity (Wildman–Crippen MR) is 94.4 cm³/mol. The number of H-pyrrole nitrogens is 1.